The van der Waals surface area contributed by atoms with Crippen LogP contribution in [0.1, 0.15) is 6.23 Å². The molecule has 1 saturated heterocycles. The van der Waals surface area contributed by atoms with Gasteiger partial charge in [0.15, 0.2) is 17.7 Å². The molecule has 0 amide bonds. The Bertz CT molecular complexity index is 602. The van der Waals surface area contributed by atoms with E-state index in [1.54, 1.807) is 4.57 Å². The zero-order chi connectivity index (χ0) is 13.6. The molecule has 0 spiro atoms. The van der Waals surface area contributed by atoms with E-state index in [2.05, 4.69) is 15.0 Å². The number of nitrogen functional groups attached to an aromatic ring is 1. The molecule has 0 radical (unpaired) electrons. The maximum absolute atomic E-state index is 9.85. The predicted molar refractivity (Wildman–Crippen MR) is 64.7 cm³/mol. The van der Waals surface area contributed by atoms with Crippen LogP contribution < -0.4 is 11.5 Å². The van der Waals surface area contributed by atoms with Gasteiger partial charge in [-0.3, -0.25) is 4.57 Å². The third-order valence-electron chi connectivity index (χ3n) is 3.26. The fraction of sp³-hybridized carbons (Fsp3) is 0.500. The molecule has 3 heterocycles. The average molecular weight is 266 g/mol. The first-order valence-electron chi connectivity index (χ1n) is 5.76. The summed E-state index contributed by atoms with van der Waals surface area (Å²) >= 11 is 0. The molecular weight excluding hydrogens is 252 g/mol. The van der Waals surface area contributed by atoms with Crippen LogP contribution in [0.4, 0.5) is 5.82 Å². The van der Waals surface area contributed by atoms with Gasteiger partial charge in [-0.25, -0.2) is 15.0 Å². The highest BCUT2D eigenvalue weighted by molar-refractivity contribution is 5.81. The van der Waals surface area contributed by atoms with Crippen molar-refractivity contribution in [3.63, 3.8) is 0 Å². The molecule has 0 aliphatic carbocycles. The number of imidazole rings is 1. The highest BCUT2D eigenvalue weighted by atomic mass is 16.5. The minimum atomic E-state index is -0.952. The van der Waals surface area contributed by atoms with Crippen LogP contribution in [0.15, 0.2) is 12.7 Å². The molecule has 0 aromatic carbocycles. The van der Waals surface area contributed by atoms with E-state index in [1.807, 2.05) is 0 Å². The number of aliphatic hydroxyl groups excluding tert-OH is 2. The summed E-state index contributed by atoms with van der Waals surface area (Å²) in [5.41, 5.74) is 12.5. The number of fused-ring (bicyclic) bond motifs is 1. The van der Waals surface area contributed by atoms with E-state index < -0.39 is 24.5 Å². The summed E-state index contributed by atoms with van der Waals surface area (Å²) in [7, 11) is 0. The Balaban J connectivity index is 2.04. The average Bonchev–Trinajstić information content (AvgIpc) is 2.94. The zero-order valence-electron chi connectivity index (χ0n) is 9.92. The van der Waals surface area contributed by atoms with Crippen molar-refractivity contribution in [2.45, 2.75) is 24.5 Å². The molecule has 4 atom stereocenters. The van der Waals surface area contributed by atoms with Crippen LogP contribution in [0, 0.1) is 0 Å². The number of anilines is 1. The van der Waals surface area contributed by atoms with Crippen LogP contribution in [-0.4, -0.2) is 54.6 Å². The topological polar surface area (TPSA) is 145 Å². The Morgan fingerprint density at radius 3 is 2.84 bits per heavy atom. The van der Waals surface area contributed by atoms with Crippen molar-refractivity contribution in [1.29, 1.82) is 0 Å². The lowest BCUT2D eigenvalue weighted by atomic mass is 10.1. The standard InChI is InChI=1S/C10H14N6O3/c11-5-7(18)4(1-17)19-10(5)16-3-15-6-8(12)13-2-14-9(6)16/h2-5,7,10,17-18H,1,11H2,(H2,12,13,14)/t4-,5-,7+,10+/m0/s1. The van der Waals surface area contributed by atoms with Gasteiger partial charge in [0.1, 0.15) is 24.1 Å². The van der Waals surface area contributed by atoms with E-state index in [0.29, 0.717) is 11.2 Å². The van der Waals surface area contributed by atoms with Gasteiger partial charge >= 0.3 is 0 Å². The second-order valence-electron chi connectivity index (χ2n) is 4.40. The number of ether oxygens (including phenoxy) is 1. The molecule has 1 fully saturated rings. The maximum atomic E-state index is 9.85. The molecule has 0 unspecified atom stereocenters. The molecule has 0 saturated carbocycles. The Kier molecular flexibility index (Phi) is 2.82. The third-order valence-corrected chi connectivity index (χ3v) is 3.26. The highest BCUT2D eigenvalue weighted by Crippen LogP contribution is 2.30. The first-order valence-corrected chi connectivity index (χ1v) is 5.76. The van der Waals surface area contributed by atoms with E-state index in [1.165, 1.54) is 12.7 Å². The lowest BCUT2D eigenvalue weighted by Crippen LogP contribution is -2.39. The number of hydrogen-bond donors (Lipinski definition) is 4. The van der Waals surface area contributed by atoms with Gasteiger partial charge in [-0.15, -0.1) is 0 Å². The van der Waals surface area contributed by atoms with Gasteiger partial charge in [-0.2, -0.15) is 0 Å². The monoisotopic (exact) mass is 266 g/mol. The van der Waals surface area contributed by atoms with Crippen LogP contribution in [0.2, 0.25) is 0 Å². The summed E-state index contributed by atoms with van der Waals surface area (Å²) in [5.74, 6) is 0.259. The van der Waals surface area contributed by atoms with Crippen molar-refractivity contribution in [3.05, 3.63) is 12.7 Å². The molecule has 9 heteroatoms. The Morgan fingerprint density at radius 2 is 2.16 bits per heavy atom. The number of nitrogens with zero attached hydrogens (tertiary/aromatic N) is 4. The van der Waals surface area contributed by atoms with Crippen LogP contribution in [0.25, 0.3) is 11.2 Å². The summed E-state index contributed by atoms with van der Waals surface area (Å²) in [6.45, 7) is -0.310. The predicted octanol–water partition coefficient (Wildman–Crippen LogP) is -2.01. The Labute approximate surface area is 107 Å². The van der Waals surface area contributed by atoms with E-state index in [4.69, 9.17) is 21.3 Å². The van der Waals surface area contributed by atoms with Gasteiger partial charge in [-0.05, 0) is 0 Å². The summed E-state index contributed by atoms with van der Waals surface area (Å²) in [5, 5.41) is 19.0. The van der Waals surface area contributed by atoms with Gasteiger partial charge in [0.2, 0.25) is 0 Å². The van der Waals surface area contributed by atoms with E-state index >= 15 is 0 Å². The van der Waals surface area contributed by atoms with Gasteiger partial charge < -0.3 is 26.4 Å². The number of rotatable bonds is 2. The fourth-order valence-corrected chi connectivity index (χ4v) is 2.23. The van der Waals surface area contributed by atoms with Crippen molar-refractivity contribution in [2.75, 3.05) is 12.3 Å². The summed E-state index contributed by atoms with van der Waals surface area (Å²) in [4.78, 5) is 12.0. The first-order chi connectivity index (χ1) is 9.13. The van der Waals surface area contributed by atoms with E-state index in [0.717, 1.165) is 0 Å². The molecule has 9 nitrogen and oxygen atoms in total. The number of hydrogen-bond acceptors (Lipinski definition) is 8. The van der Waals surface area contributed by atoms with E-state index in [-0.39, 0.29) is 12.4 Å². The molecule has 2 aromatic heterocycles. The van der Waals surface area contributed by atoms with Crippen LogP contribution in [0.5, 0.6) is 0 Å². The van der Waals surface area contributed by atoms with Crippen LogP contribution in [-0.2, 0) is 4.74 Å². The highest BCUT2D eigenvalue weighted by Gasteiger charge is 2.42. The minimum absolute atomic E-state index is 0.259. The smallest absolute Gasteiger partial charge is 0.167 e. The largest absolute Gasteiger partial charge is 0.394 e. The van der Waals surface area contributed by atoms with Gasteiger partial charge in [0, 0.05) is 0 Å². The van der Waals surface area contributed by atoms with E-state index in [9.17, 15) is 5.11 Å². The quantitative estimate of drug-likeness (QED) is 0.487. The summed E-state index contributed by atoms with van der Waals surface area (Å²) in [6, 6.07) is -0.689. The number of aliphatic hydroxyl groups is 2. The van der Waals surface area contributed by atoms with Gasteiger partial charge in [-0.1, -0.05) is 0 Å². The number of aromatic nitrogens is 4. The normalized spacial score (nSPS) is 31.1. The molecule has 1 aliphatic heterocycles. The Morgan fingerprint density at radius 1 is 1.37 bits per heavy atom. The van der Waals surface area contributed by atoms with Gasteiger partial charge in [0.05, 0.1) is 19.0 Å². The lowest BCUT2D eigenvalue weighted by molar-refractivity contribution is -0.0437. The maximum Gasteiger partial charge on any atom is 0.167 e. The first kappa shape index (κ1) is 12.2. The van der Waals surface area contributed by atoms with Gasteiger partial charge in [0.25, 0.3) is 0 Å². The second kappa shape index (κ2) is 4.38. The van der Waals surface area contributed by atoms with Crippen molar-refractivity contribution < 1.29 is 14.9 Å². The molecule has 102 valence electrons. The summed E-state index contributed by atoms with van der Waals surface area (Å²) < 4.78 is 7.10. The van der Waals surface area contributed by atoms with Crippen molar-refractivity contribution in [3.8, 4) is 0 Å². The minimum Gasteiger partial charge on any atom is -0.394 e. The molecule has 19 heavy (non-hydrogen) atoms. The molecule has 0 bridgehead atoms. The molecule has 3 rings (SSSR count). The molecule has 2 aromatic rings. The Hall–Kier alpha value is -1.81. The van der Waals surface area contributed by atoms with Crippen molar-refractivity contribution in [2.24, 2.45) is 5.73 Å². The molecular formula is C10H14N6O3. The fourth-order valence-electron chi connectivity index (χ4n) is 2.23. The third kappa shape index (κ3) is 1.75. The van der Waals surface area contributed by atoms with Crippen LogP contribution in [0.3, 0.4) is 0 Å². The summed E-state index contributed by atoms with van der Waals surface area (Å²) in [6.07, 6.45) is 0.456. The SMILES string of the molecule is Nc1ncnc2c1ncn2[C@@H]1O[C@@H](CO)[C@@H](O)[C@@H]1N. The van der Waals surface area contributed by atoms with Crippen LogP contribution >= 0.6 is 0 Å². The van der Waals surface area contributed by atoms with Crippen molar-refractivity contribution in [1.82, 2.24) is 19.5 Å². The zero-order valence-corrected chi connectivity index (χ0v) is 9.92. The van der Waals surface area contributed by atoms with Crippen molar-refractivity contribution >= 4 is 17.0 Å². The second-order valence-corrected chi connectivity index (χ2v) is 4.40. The molecule has 6 N–H and O–H groups in total. The lowest BCUT2D eigenvalue weighted by Gasteiger charge is -2.17. The number of nitrogens with two attached hydrogens (primary N) is 2. The molecule has 1 aliphatic rings.